The van der Waals surface area contributed by atoms with Crippen LogP contribution in [0.25, 0.3) is 0 Å². The van der Waals surface area contributed by atoms with E-state index in [4.69, 9.17) is 4.74 Å². The van der Waals surface area contributed by atoms with Crippen molar-refractivity contribution in [2.45, 2.75) is 25.7 Å². The molecule has 2 fully saturated rings. The lowest BCUT2D eigenvalue weighted by Crippen LogP contribution is -2.53. The minimum absolute atomic E-state index is 0.193. The molecule has 7 heteroatoms. The number of nitrogens with zero attached hydrogens (tertiary/aromatic N) is 1. The van der Waals surface area contributed by atoms with Crippen LogP contribution < -0.4 is 10.7 Å². The van der Waals surface area contributed by atoms with Crippen molar-refractivity contribution < 1.29 is 19.4 Å². The van der Waals surface area contributed by atoms with Crippen LogP contribution >= 0.6 is 0 Å². The van der Waals surface area contributed by atoms with Crippen molar-refractivity contribution >= 4 is 12.0 Å². The number of ether oxygens (including phenoxy) is 1. The third-order valence-electron chi connectivity index (χ3n) is 3.87. The van der Waals surface area contributed by atoms with Gasteiger partial charge in [-0.2, -0.15) is 0 Å². The molecule has 0 unspecified atom stereocenters. The SMILES string of the molecule is O=C(NCC1(C(=O)O)CCCC1)NN1CCOCC1. The van der Waals surface area contributed by atoms with E-state index in [1.807, 2.05) is 0 Å². The van der Waals surface area contributed by atoms with E-state index in [2.05, 4.69) is 10.7 Å². The van der Waals surface area contributed by atoms with Gasteiger partial charge in [0.1, 0.15) is 0 Å². The zero-order valence-electron chi connectivity index (χ0n) is 11.0. The number of carboxylic acid groups (broad SMARTS) is 1. The first-order valence-electron chi connectivity index (χ1n) is 6.73. The standard InChI is InChI=1S/C12H21N3O4/c16-10(17)12(3-1-2-4-12)9-13-11(18)14-15-5-7-19-8-6-15/h1-9H2,(H,16,17)(H2,13,14,18). The quantitative estimate of drug-likeness (QED) is 0.678. The fraction of sp³-hybridized carbons (Fsp3) is 0.833. The van der Waals surface area contributed by atoms with E-state index in [0.717, 1.165) is 12.8 Å². The van der Waals surface area contributed by atoms with E-state index in [1.54, 1.807) is 5.01 Å². The topological polar surface area (TPSA) is 90.9 Å². The van der Waals surface area contributed by atoms with Gasteiger partial charge in [-0.1, -0.05) is 12.8 Å². The van der Waals surface area contributed by atoms with Gasteiger partial charge in [-0.05, 0) is 12.8 Å². The maximum absolute atomic E-state index is 11.7. The van der Waals surface area contributed by atoms with E-state index in [1.165, 1.54) is 0 Å². The summed E-state index contributed by atoms with van der Waals surface area (Å²) in [5, 5.41) is 13.8. The second kappa shape index (κ2) is 6.21. The van der Waals surface area contributed by atoms with Crippen molar-refractivity contribution in [3.05, 3.63) is 0 Å². The minimum Gasteiger partial charge on any atom is -0.481 e. The monoisotopic (exact) mass is 271 g/mol. The Morgan fingerprint density at radius 3 is 2.42 bits per heavy atom. The summed E-state index contributed by atoms with van der Waals surface area (Å²) in [6, 6.07) is -0.338. The van der Waals surface area contributed by atoms with Gasteiger partial charge in [0.15, 0.2) is 0 Å². The Morgan fingerprint density at radius 1 is 1.21 bits per heavy atom. The number of rotatable bonds is 4. The maximum Gasteiger partial charge on any atom is 0.329 e. The number of carbonyl (C=O) groups is 2. The number of carbonyl (C=O) groups excluding carboxylic acids is 1. The summed E-state index contributed by atoms with van der Waals surface area (Å²) in [6.45, 7) is 2.69. The third-order valence-corrected chi connectivity index (χ3v) is 3.87. The Labute approximate surface area is 112 Å². The predicted octanol–water partition coefficient (Wildman–Crippen LogP) is 0.178. The van der Waals surface area contributed by atoms with Crippen LogP contribution in [0.1, 0.15) is 25.7 Å². The number of morpholine rings is 1. The molecule has 0 aromatic heterocycles. The largest absolute Gasteiger partial charge is 0.481 e. The molecular formula is C12H21N3O4. The number of carboxylic acids is 1. The summed E-state index contributed by atoms with van der Waals surface area (Å²) in [6.07, 6.45) is 3.11. The Hall–Kier alpha value is -1.34. The Bertz CT molecular complexity index is 336. The van der Waals surface area contributed by atoms with E-state index < -0.39 is 11.4 Å². The van der Waals surface area contributed by atoms with Crippen LogP contribution in [0.3, 0.4) is 0 Å². The lowest BCUT2D eigenvalue weighted by Gasteiger charge is -2.28. The van der Waals surface area contributed by atoms with Crippen molar-refractivity contribution in [3.63, 3.8) is 0 Å². The molecule has 7 nitrogen and oxygen atoms in total. The van der Waals surface area contributed by atoms with E-state index >= 15 is 0 Å². The van der Waals surface area contributed by atoms with Crippen molar-refractivity contribution in [2.75, 3.05) is 32.8 Å². The molecule has 3 N–H and O–H groups in total. The van der Waals surface area contributed by atoms with Crippen molar-refractivity contribution in [3.8, 4) is 0 Å². The fourth-order valence-corrected chi connectivity index (χ4v) is 2.63. The van der Waals surface area contributed by atoms with Gasteiger partial charge in [-0.15, -0.1) is 0 Å². The predicted molar refractivity (Wildman–Crippen MR) is 67.5 cm³/mol. The summed E-state index contributed by atoms with van der Waals surface area (Å²) in [5.74, 6) is -0.809. The fourth-order valence-electron chi connectivity index (χ4n) is 2.63. The number of amides is 2. The Kier molecular flexibility index (Phi) is 4.60. The first kappa shape index (κ1) is 14.1. The summed E-state index contributed by atoms with van der Waals surface area (Å²) in [7, 11) is 0. The summed E-state index contributed by atoms with van der Waals surface area (Å²) in [4.78, 5) is 23.1. The van der Waals surface area contributed by atoms with Gasteiger partial charge in [0.2, 0.25) is 0 Å². The third kappa shape index (κ3) is 3.57. The first-order chi connectivity index (χ1) is 9.12. The molecule has 0 atom stereocenters. The average molecular weight is 271 g/mol. The summed E-state index contributed by atoms with van der Waals surface area (Å²) >= 11 is 0. The average Bonchev–Trinajstić information content (AvgIpc) is 2.88. The normalized spacial score (nSPS) is 22.9. The molecule has 0 radical (unpaired) electrons. The van der Waals surface area contributed by atoms with Crippen LogP contribution in [-0.2, 0) is 9.53 Å². The van der Waals surface area contributed by atoms with Gasteiger partial charge >= 0.3 is 12.0 Å². The van der Waals surface area contributed by atoms with Gasteiger partial charge in [0, 0.05) is 19.6 Å². The van der Waals surface area contributed by atoms with Crippen molar-refractivity contribution in [2.24, 2.45) is 5.41 Å². The molecule has 1 heterocycles. The molecule has 108 valence electrons. The molecule has 0 aromatic carbocycles. The van der Waals surface area contributed by atoms with E-state index in [0.29, 0.717) is 39.1 Å². The number of hydrogen-bond acceptors (Lipinski definition) is 4. The van der Waals surface area contributed by atoms with Gasteiger partial charge in [0.25, 0.3) is 0 Å². The van der Waals surface area contributed by atoms with Gasteiger partial charge in [0.05, 0.1) is 18.6 Å². The molecule has 1 saturated heterocycles. The highest BCUT2D eigenvalue weighted by Gasteiger charge is 2.41. The smallest absolute Gasteiger partial charge is 0.329 e. The van der Waals surface area contributed by atoms with Crippen molar-refractivity contribution in [1.82, 2.24) is 15.8 Å². The Morgan fingerprint density at radius 2 is 1.84 bits per heavy atom. The maximum atomic E-state index is 11.7. The molecule has 0 aromatic rings. The molecule has 19 heavy (non-hydrogen) atoms. The lowest BCUT2D eigenvalue weighted by molar-refractivity contribution is -0.148. The highest BCUT2D eigenvalue weighted by atomic mass is 16.5. The van der Waals surface area contributed by atoms with Gasteiger partial charge in [-0.25, -0.2) is 9.80 Å². The zero-order chi connectivity index (χ0) is 13.7. The first-order valence-corrected chi connectivity index (χ1v) is 6.73. The number of hydrazine groups is 1. The van der Waals surface area contributed by atoms with Crippen LogP contribution in [-0.4, -0.2) is 55.0 Å². The highest BCUT2D eigenvalue weighted by molar-refractivity contribution is 5.78. The molecule has 0 spiro atoms. The molecule has 1 aliphatic heterocycles. The van der Waals surface area contributed by atoms with Crippen molar-refractivity contribution in [1.29, 1.82) is 0 Å². The second-order valence-corrected chi connectivity index (χ2v) is 5.19. The molecule has 0 bridgehead atoms. The number of aliphatic carboxylic acids is 1. The van der Waals surface area contributed by atoms with Gasteiger partial charge < -0.3 is 15.2 Å². The highest BCUT2D eigenvalue weighted by Crippen LogP contribution is 2.37. The van der Waals surface area contributed by atoms with Gasteiger partial charge in [-0.3, -0.25) is 10.2 Å². The van der Waals surface area contributed by atoms with E-state index in [-0.39, 0.29) is 12.6 Å². The van der Waals surface area contributed by atoms with Crippen LogP contribution in [0.2, 0.25) is 0 Å². The summed E-state index contributed by atoms with van der Waals surface area (Å²) in [5.41, 5.74) is 1.93. The Balaban J connectivity index is 1.77. The van der Waals surface area contributed by atoms with E-state index in [9.17, 15) is 14.7 Å². The molecule has 2 aliphatic rings. The molecular weight excluding hydrogens is 250 g/mol. The van der Waals surface area contributed by atoms with Crippen LogP contribution in [0.4, 0.5) is 4.79 Å². The minimum atomic E-state index is -0.809. The second-order valence-electron chi connectivity index (χ2n) is 5.19. The molecule has 1 aliphatic carbocycles. The molecule has 2 rings (SSSR count). The summed E-state index contributed by atoms with van der Waals surface area (Å²) < 4.78 is 5.18. The molecule has 2 amide bonds. The van der Waals surface area contributed by atoms with Crippen LogP contribution in [0.5, 0.6) is 0 Å². The number of hydrogen-bond donors (Lipinski definition) is 3. The lowest BCUT2D eigenvalue weighted by atomic mass is 9.86. The molecule has 1 saturated carbocycles. The zero-order valence-corrected chi connectivity index (χ0v) is 11.0. The van der Waals surface area contributed by atoms with Crippen LogP contribution in [0.15, 0.2) is 0 Å². The number of urea groups is 1. The number of nitrogens with one attached hydrogen (secondary N) is 2. The van der Waals surface area contributed by atoms with Crippen LogP contribution in [0, 0.1) is 5.41 Å².